The molecule has 2 N–H and O–H groups in total. The fourth-order valence-electron chi connectivity index (χ4n) is 3.63. The Morgan fingerprint density at radius 2 is 2.00 bits per heavy atom. The summed E-state index contributed by atoms with van der Waals surface area (Å²) in [5.41, 5.74) is 7.16. The van der Waals surface area contributed by atoms with Gasteiger partial charge in [0.05, 0.1) is 0 Å². The number of carbonyl (C=O) groups is 2. The third-order valence-corrected chi connectivity index (χ3v) is 4.92. The van der Waals surface area contributed by atoms with E-state index < -0.39 is 0 Å². The van der Waals surface area contributed by atoms with Crippen molar-refractivity contribution in [1.82, 2.24) is 9.80 Å². The Balaban J connectivity index is 1.57. The van der Waals surface area contributed by atoms with Gasteiger partial charge in [-0.25, -0.2) is 0 Å². The van der Waals surface area contributed by atoms with Gasteiger partial charge in [-0.3, -0.25) is 9.59 Å². The third-order valence-electron chi connectivity index (χ3n) is 4.92. The number of nitrogens with zero attached hydrogens (tertiary/aromatic N) is 2. The monoisotopic (exact) mass is 315 g/mol. The van der Waals surface area contributed by atoms with Crippen LogP contribution in [-0.4, -0.2) is 47.3 Å². The number of hydrogen-bond acceptors (Lipinski definition) is 3. The first-order valence-corrected chi connectivity index (χ1v) is 8.53. The summed E-state index contributed by atoms with van der Waals surface area (Å²) < 4.78 is 0. The van der Waals surface area contributed by atoms with Gasteiger partial charge in [0.2, 0.25) is 11.8 Å². The van der Waals surface area contributed by atoms with E-state index in [1.54, 1.807) is 0 Å². The lowest BCUT2D eigenvalue weighted by Crippen LogP contribution is -2.50. The summed E-state index contributed by atoms with van der Waals surface area (Å²) in [4.78, 5) is 28.3. The first-order valence-electron chi connectivity index (χ1n) is 8.53. The summed E-state index contributed by atoms with van der Waals surface area (Å²) in [5.74, 6) is 0.336. The van der Waals surface area contributed by atoms with Crippen molar-refractivity contribution >= 4 is 11.8 Å². The summed E-state index contributed by atoms with van der Waals surface area (Å²) >= 11 is 0. The average molecular weight is 315 g/mol. The minimum Gasteiger partial charge on any atom is -0.341 e. The predicted octanol–water partition coefficient (Wildman–Crippen LogP) is 1.69. The van der Waals surface area contributed by atoms with Crippen LogP contribution < -0.4 is 5.73 Å². The molecule has 0 saturated carbocycles. The SMILES string of the molecule is N[C@@H](CC(=O)N1CCC[C@@H](N2CCCC2=O)C1)c1ccccc1. The highest BCUT2D eigenvalue weighted by Crippen LogP contribution is 2.23. The molecule has 5 heteroatoms. The Kier molecular flexibility index (Phi) is 4.96. The smallest absolute Gasteiger partial charge is 0.224 e. The highest BCUT2D eigenvalue weighted by molar-refractivity contribution is 5.79. The topological polar surface area (TPSA) is 66.6 Å². The number of benzene rings is 1. The molecule has 0 spiro atoms. The molecule has 2 amide bonds. The highest BCUT2D eigenvalue weighted by atomic mass is 16.2. The van der Waals surface area contributed by atoms with E-state index >= 15 is 0 Å². The van der Waals surface area contributed by atoms with Crippen LogP contribution in [0.4, 0.5) is 0 Å². The van der Waals surface area contributed by atoms with Crippen LogP contribution >= 0.6 is 0 Å². The van der Waals surface area contributed by atoms with Crippen LogP contribution in [0, 0.1) is 0 Å². The second-order valence-corrected chi connectivity index (χ2v) is 6.55. The van der Waals surface area contributed by atoms with E-state index in [0.717, 1.165) is 37.9 Å². The van der Waals surface area contributed by atoms with Gasteiger partial charge in [-0.15, -0.1) is 0 Å². The van der Waals surface area contributed by atoms with Gasteiger partial charge in [0, 0.05) is 44.6 Å². The maximum absolute atomic E-state index is 12.6. The molecule has 0 aromatic heterocycles. The minimum absolute atomic E-state index is 0.0951. The summed E-state index contributed by atoms with van der Waals surface area (Å²) in [5, 5.41) is 0. The van der Waals surface area contributed by atoms with E-state index in [9.17, 15) is 9.59 Å². The van der Waals surface area contributed by atoms with E-state index in [1.165, 1.54) is 0 Å². The molecule has 124 valence electrons. The maximum Gasteiger partial charge on any atom is 0.224 e. The lowest BCUT2D eigenvalue weighted by molar-refractivity contribution is -0.137. The Morgan fingerprint density at radius 3 is 2.70 bits per heavy atom. The standard InChI is InChI=1S/C18H25N3O2/c19-16(14-6-2-1-3-7-14)12-18(23)20-10-4-8-15(13-20)21-11-5-9-17(21)22/h1-3,6-7,15-16H,4-5,8-13,19H2/t15-,16+/m1/s1. The van der Waals surface area contributed by atoms with Crippen molar-refractivity contribution < 1.29 is 9.59 Å². The molecule has 2 fully saturated rings. The van der Waals surface area contributed by atoms with Crippen LogP contribution in [0.5, 0.6) is 0 Å². The molecule has 0 unspecified atom stereocenters. The van der Waals surface area contributed by atoms with Crippen LogP contribution in [0.1, 0.15) is 43.7 Å². The van der Waals surface area contributed by atoms with E-state index in [0.29, 0.717) is 19.4 Å². The lowest BCUT2D eigenvalue weighted by atomic mass is 10.0. The van der Waals surface area contributed by atoms with Crippen LogP contribution in [-0.2, 0) is 9.59 Å². The van der Waals surface area contributed by atoms with E-state index in [2.05, 4.69) is 0 Å². The van der Waals surface area contributed by atoms with Crippen molar-refractivity contribution in [3.05, 3.63) is 35.9 Å². The number of piperidine rings is 1. The van der Waals surface area contributed by atoms with Gasteiger partial charge < -0.3 is 15.5 Å². The van der Waals surface area contributed by atoms with Crippen molar-refractivity contribution in [2.75, 3.05) is 19.6 Å². The zero-order valence-corrected chi connectivity index (χ0v) is 13.5. The fourth-order valence-corrected chi connectivity index (χ4v) is 3.63. The molecule has 1 aromatic rings. The van der Waals surface area contributed by atoms with E-state index in [-0.39, 0.29) is 23.9 Å². The Morgan fingerprint density at radius 1 is 1.22 bits per heavy atom. The molecule has 5 nitrogen and oxygen atoms in total. The van der Waals surface area contributed by atoms with Crippen LogP contribution in [0.2, 0.25) is 0 Å². The van der Waals surface area contributed by atoms with E-state index in [1.807, 2.05) is 40.1 Å². The molecule has 2 saturated heterocycles. The summed E-state index contributed by atoms with van der Waals surface area (Å²) in [7, 11) is 0. The van der Waals surface area contributed by atoms with Crippen molar-refractivity contribution in [1.29, 1.82) is 0 Å². The quantitative estimate of drug-likeness (QED) is 0.919. The van der Waals surface area contributed by atoms with Crippen molar-refractivity contribution in [2.24, 2.45) is 5.73 Å². The molecule has 2 heterocycles. The number of carbonyl (C=O) groups excluding carboxylic acids is 2. The molecule has 1 aromatic carbocycles. The second kappa shape index (κ2) is 7.13. The summed E-state index contributed by atoms with van der Waals surface area (Å²) in [6.07, 6.45) is 3.89. The Bertz CT molecular complexity index is 561. The zero-order valence-electron chi connectivity index (χ0n) is 13.5. The third kappa shape index (κ3) is 3.72. The molecular weight excluding hydrogens is 290 g/mol. The van der Waals surface area contributed by atoms with Gasteiger partial charge in [0.1, 0.15) is 0 Å². The summed E-state index contributed by atoms with van der Waals surface area (Å²) in [6.45, 7) is 2.28. The molecule has 3 rings (SSSR count). The van der Waals surface area contributed by atoms with Gasteiger partial charge in [0.25, 0.3) is 0 Å². The van der Waals surface area contributed by atoms with Crippen molar-refractivity contribution in [2.45, 2.75) is 44.2 Å². The zero-order chi connectivity index (χ0) is 16.2. The normalized spacial score (nSPS) is 23.2. The predicted molar refractivity (Wildman–Crippen MR) is 88.5 cm³/mol. The Labute approximate surface area is 137 Å². The number of rotatable bonds is 4. The van der Waals surface area contributed by atoms with Gasteiger partial charge in [-0.1, -0.05) is 30.3 Å². The fraction of sp³-hybridized carbons (Fsp3) is 0.556. The first kappa shape index (κ1) is 16.0. The van der Waals surface area contributed by atoms with Crippen LogP contribution in [0.15, 0.2) is 30.3 Å². The molecule has 2 aliphatic rings. The Hall–Kier alpha value is -1.88. The maximum atomic E-state index is 12.6. The molecule has 0 bridgehead atoms. The molecule has 0 radical (unpaired) electrons. The number of likely N-dealkylation sites (tertiary alicyclic amines) is 2. The molecule has 23 heavy (non-hydrogen) atoms. The summed E-state index contributed by atoms with van der Waals surface area (Å²) in [6, 6.07) is 9.67. The average Bonchev–Trinajstić information content (AvgIpc) is 3.02. The van der Waals surface area contributed by atoms with Gasteiger partial charge >= 0.3 is 0 Å². The largest absolute Gasteiger partial charge is 0.341 e. The minimum atomic E-state index is -0.266. The van der Waals surface area contributed by atoms with Crippen LogP contribution in [0.25, 0.3) is 0 Å². The van der Waals surface area contributed by atoms with Gasteiger partial charge in [-0.05, 0) is 24.8 Å². The van der Waals surface area contributed by atoms with Gasteiger partial charge in [-0.2, -0.15) is 0 Å². The molecule has 2 aliphatic heterocycles. The second-order valence-electron chi connectivity index (χ2n) is 6.55. The molecule has 0 aliphatic carbocycles. The number of hydrogen-bond donors (Lipinski definition) is 1. The molecular formula is C18H25N3O2. The van der Waals surface area contributed by atoms with Crippen molar-refractivity contribution in [3.63, 3.8) is 0 Å². The lowest BCUT2D eigenvalue weighted by Gasteiger charge is -2.38. The van der Waals surface area contributed by atoms with Gasteiger partial charge in [0.15, 0.2) is 0 Å². The molecule has 2 atom stereocenters. The van der Waals surface area contributed by atoms with Crippen LogP contribution in [0.3, 0.4) is 0 Å². The number of nitrogens with two attached hydrogens (primary N) is 1. The number of amides is 2. The van der Waals surface area contributed by atoms with E-state index in [4.69, 9.17) is 5.73 Å². The van der Waals surface area contributed by atoms with Crippen molar-refractivity contribution in [3.8, 4) is 0 Å². The highest BCUT2D eigenvalue weighted by Gasteiger charge is 2.33. The first-order chi connectivity index (χ1) is 11.1.